The van der Waals surface area contributed by atoms with Crippen molar-refractivity contribution in [1.82, 2.24) is 25.3 Å². The highest BCUT2D eigenvalue weighted by Crippen LogP contribution is 2.24. The molecular weight excluding hydrogens is 516 g/mol. The highest BCUT2D eigenvalue weighted by molar-refractivity contribution is 5.92. The predicted molar refractivity (Wildman–Crippen MR) is 167 cm³/mol. The molecule has 9 nitrogen and oxygen atoms in total. The summed E-state index contributed by atoms with van der Waals surface area (Å²) in [4.78, 5) is 35.1. The summed E-state index contributed by atoms with van der Waals surface area (Å²) < 4.78 is 5.88. The zero-order chi connectivity index (χ0) is 29.8. The number of aryl methyl sites for hydroxylation is 1. The van der Waals surface area contributed by atoms with Crippen LogP contribution in [0.5, 0.6) is 0 Å². The fourth-order valence-electron chi connectivity index (χ4n) is 5.19. The Bertz CT molecular complexity index is 1080. The van der Waals surface area contributed by atoms with Crippen molar-refractivity contribution < 1.29 is 15.8 Å². The largest absolute Gasteiger partial charge is 0.380 e. The first-order chi connectivity index (χ1) is 19.9. The molecule has 0 aromatic heterocycles. The average Bonchev–Trinajstić information content (AvgIpc) is 2.99. The third-order valence-electron chi connectivity index (χ3n) is 7.58. The third kappa shape index (κ3) is 9.16. The van der Waals surface area contributed by atoms with E-state index < -0.39 is 0 Å². The van der Waals surface area contributed by atoms with Crippen molar-refractivity contribution in [1.29, 1.82) is 0 Å². The Labute approximate surface area is 248 Å². The molecule has 2 amide bonds. The van der Waals surface area contributed by atoms with Gasteiger partial charge >= 0.3 is 0 Å². The number of piperazine rings is 1. The van der Waals surface area contributed by atoms with Crippen molar-refractivity contribution in [2.24, 2.45) is 4.99 Å². The number of amides is 2. The molecule has 9 heteroatoms. The number of rotatable bonds is 11. The fourth-order valence-corrected chi connectivity index (χ4v) is 5.19. The molecule has 0 aliphatic carbocycles. The molecule has 1 aromatic rings. The Morgan fingerprint density at radius 2 is 1.80 bits per heavy atom. The summed E-state index contributed by atoms with van der Waals surface area (Å²) in [5.74, 6) is 0.915. The minimum absolute atomic E-state index is 0. The van der Waals surface area contributed by atoms with E-state index in [9.17, 15) is 9.59 Å². The number of guanidine groups is 1. The minimum atomic E-state index is -0.301. The number of hydrogen-bond donors (Lipinski definition) is 2. The number of aliphatic imine (C=N–C) groups is 1. The quantitative estimate of drug-likeness (QED) is 0.391. The van der Waals surface area contributed by atoms with Gasteiger partial charge in [0.05, 0.1) is 12.6 Å². The molecule has 0 radical (unpaired) electrons. The van der Waals surface area contributed by atoms with Crippen LogP contribution < -0.4 is 10.6 Å². The van der Waals surface area contributed by atoms with E-state index >= 15 is 0 Å². The molecule has 1 unspecified atom stereocenters. The molecule has 2 atom stereocenters. The zero-order valence-electron chi connectivity index (χ0n) is 25.9. The second-order valence-electron chi connectivity index (χ2n) is 10.7. The Hall–Kier alpha value is -3.17. The van der Waals surface area contributed by atoms with Gasteiger partial charge < -0.3 is 25.2 Å². The van der Waals surface area contributed by atoms with Gasteiger partial charge in [-0.15, -0.1) is 0 Å². The van der Waals surface area contributed by atoms with Gasteiger partial charge in [-0.1, -0.05) is 45.0 Å². The lowest BCUT2D eigenvalue weighted by molar-refractivity contribution is -0.132. The number of nitrogens with one attached hydrogen (secondary N) is 2. The molecule has 228 valence electrons. The lowest BCUT2D eigenvalue weighted by Gasteiger charge is -2.37. The lowest BCUT2D eigenvalue weighted by Crippen LogP contribution is -2.50. The van der Waals surface area contributed by atoms with Crippen LogP contribution in [0.1, 0.15) is 73.0 Å². The van der Waals surface area contributed by atoms with E-state index in [0.29, 0.717) is 12.4 Å². The van der Waals surface area contributed by atoms with Gasteiger partial charge in [0.2, 0.25) is 11.8 Å². The maximum absolute atomic E-state index is 12.4. The molecule has 41 heavy (non-hydrogen) atoms. The maximum Gasteiger partial charge on any atom is 0.248 e. The van der Waals surface area contributed by atoms with Crippen LogP contribution in [0, 0.1) is 0 Å². The normalized spacial score (nSPS) is 19.5. The van der Waals surface area contributed by atoms with Crippen LogP contribution in [0.25, 0.3) is 0 Å². The Morgan fingerprint density at radius 3 is 2.46 bits per heavy atom. The molecule has 0 bridgehead atoms. The second kappa shape index (κ2) is 16.3. The topological polar surface area (TPSA) is 89.5 Å². The molecule has 0 saturated carbocycles. The van der Waals surface area contributed by atoms with Crippen LogP contribution in [0.2, 0.25) is 0 Å². The number of carbonyl (C=O) groups excluding carboxylic acids is 2. The summed E-state index contributed by atoms with van der Waals surface area (Å²) in [6.07, 6.45) is 7.63. The van der Waals surface area contributed by atoms with E-state index in [4.69, 9.17) is 9.73 Å². The summed E-state index contributed by atoms with van der Waals surface area (Å²) >= 11 is 0. The van der Waals surface area contributed by atoms with Gasteiger partial charge in [-0.3, -0.25) is 14.5 Å². The van der Waals surface area contributed by atoms with E-state index in [0.717, 1.165) is 64.4 Å². The molecule has 1 fully saturated rings. The minimum Gasteiger partial charge on any atom is -0.380 e. The third-order valence-corrected chi connectivity index (χ3v) is 7.58. The number of ether oxygens (including phenoxy) is 1. The van der Waals surface area contributed by atoms with Gasteiger partial charge in [0, 0.05) is 71.1 Å². The number of fused-ring (bicyclic) bond motifs is 1. The summed E-state index contributed by atoms with van der Waals surface area (Å²) in [6, 6.07) is 8.82. The molecule has 4 rings (SSSR count). The van der Waals surface area contributed by atoms with Crippen LogP contribution in [0.15, 0.2) is 53.2 Å². The molecule has 2 N–H and O–H groups in total. The number of nitrogens with zero attached hydrogens (tertiary/aromatic N) is 4. The van der Waals surface area contributed by atoms with Gasteiger partial charge in [0.25, 0.3) is 0 Å². The van der Waals surface area contributed by atoms with E-state index in [1.54, 1.807) is 11.0 Å². The maximum atomic E-state index is 12.4. The first-order valence-corrected chi connectivity index (χ1v) is 15.3. The van der Waals surface area contributed by atoms with Crippen LogP contribution in [0.3, 0.4) is 0 Å². The van der Waals surface area contributed by atoms with Crippen molar-refractivity contribution in [3.8, 4) is 0 Å². The summed E-state index contributed by atoms with van der Waals surface area (Å²) in [5, 5.41) is 6.69. The first-order valence-electron chi connectivity index (χ1n) is 15.3. The monoisotopic (exact) mass is 568 g/mol. The molecule has 3 aliphatic heterocycles. The van der Waals surface area contributed by atoms with Crippen molar-refractivity contribution in [2.75, 3.05) is 45.9 Å². The van der Waals surface area contributed by atoms with Crippen LogP contribution in [0.4, 0.5) is 0 Å². The van der Waals surface area contributed by atoms with Gasteiger partial charge in [-0.05, 0) is 50.8 Å². The SMILES string of the molecule is CC.CCC(=O)N1CCN(CCOCCCc2ccc([C@H](C)NC3=NC4C(=CN3)C=CC(=O)N4C(C)C)cc2)CC1.[HH]. The van der Waals surface area contributed by atoms with Crippen LogP contribution in [-0.2, 0) is 20.7 Å². The van der Waals surface area contributed by atoms with Gasteiger partial charge in [-0.2, -0.15) is 0 Å². The van der Waals surface area contributed by atoms with Crippen molar-refractivity contribution in [3.05, 3.63) is 59.3 Å². The Balaban J connectivity index is 0.00000201. The number of hydrogen-bond acceptors (Lipinski definition) is 7. The predicted octanol–water partition coefficient (Wildman–Crippen LogP) is 4.09. The van der Waals surface area contributed by atoms with Crippen molar-refractivity contribution in [2.45, 2.75) is 79.1 Å². The second-order valence-corrected chi connectivity index (χ2v) is 10.7. The zero-order valence-corrected chi connectivity index (χ0v) is 25.9. The van der Waals surface area contributed by atoms with Gasteiger partial charge in [0.15, 0.2) is 12.1 Å². The van der Waals surface area contributed by atoms with Gasteiger partial charge in [-0.25, -0.2) is 4.99 Å². The summed E-state index contributed by atoms with van der Waals surface area (Å²) in [7, 11) is 0. The van der Waals surface area contributed by atoms with E-state index in [1.165, 1.54) is 11.1 Å². The van der Waals surface area contributed by atoms with Gasteiger partial charge in [0.1, 0.15) is 0 Å². The molecular formula is C32H52N6O3. The first kappa shape index (κ1) is 32.3. The molecule has 1 saturated heterocycles. The Morgan fingerprint density at radius 1 is 1.10 bits per heavy atom. The highest BCUT2D eigenvalue weighted by Gasteiger charge is 2.32. The fraction of sp³-hybridized carbons (Fsp3) is 0.594. The number of carbonyl (C=O) groups is 2. The van der Waals surface area contributed by atoms with Crippen molar-refractivity contribution >= 4 is 17.8 Å². The van der Waals surface area contributed by atoms with E-state index in [-0.39, 0.29) is 31.5 Å². The standard InChI is InChI=1S/C30H44N6O3.C2H6.H2/c1-5-27(37)35-16-14-34(15-17-35)18-20-39-19-6-7-24-8-10-25(11-9-24)23(4)32-30-31-21-26-12-13-28(38)36(22(2)3)29(26)33-30;1-2;/h8-13,21-23,29H,5-7,14-20H2,1-4H3,(H2,31,32,33);1-2H3;1H/t23-,29?;;/m0../s1. The molecule has 3 heterocycles. The van der Waals surface area contributed by atoms with E-state index in [1.807, 2.05) is 51.8 Å². The summed E-state index contributed by atoms with van der Waals surface area (Å²) in [5.41, 5.74) is 3.46. The van der Waals surface area contributed by atoms with Crippen LogP contribution >= 0.6 is 0 Å². The summed E-state index contributed by atoms with van der Waals surface area (Å²) in [6.45, 7) is 18.0. The molecule has 3 aliphatic rings. The molecule has 0 spiro atoms. The van der Waals surface area contributed by atoms with Crippen LogP contribution in [-0.4, -0.2) is 90.6 Å². The molecule has 1 aromatic carbocycles. The Kier molecular flexibility index (Phi) is 12.9. The highest BCUT2D eigenvalue weighted by atomic mass is 16.5. The number of benzene rings is 1. The van der Waals surface area contributed by atoms with E-state index in [2.05, 4.69) is 46.7 Å². The average molecular weight is 569 g/mol. The van der Waals surface area contributed by atoms with Crippen molar-refractivity contribution in [3.63, 3.8) is 0 Å². The smallest absolute Gasteiger partial charge is 0.248 e. The lowest BCUT2D eigenvalue weighted by atomic mass is 10.0.